The van der Waals surface area contributed by atoms with Gasteiger partial charge in [0.15, 0.2) is 0 Å². The molecule has 0 aliphatic carbocycles. The van der Waals surface area contributed by atoms with E-state index in [0.717, 1.165) is 38.6 Å². The molecule has 0 aromatic carbocycles. The first-order valence-corrected chi connectivity index (χ1v) is 7.24. The molecule has 1 rings (SSSR count). The minimum absolute atomic E-state index is 0.00425. The molecule has 1 atom stereocenters. The van der Waals surface area contributed by atoms with Gasteiger partial charge in [0.2, 0.25) is 5.91 Å². The highest BCUT2D eigenvalue weighted by atomic mass is 16.5. The Kier molecular flexibility index (Phi) is 7.28. The third-order valence-corrected chi connectivity index (χ3v) is 3.71. The average Bonchev–Trinajstić information content (AvgIpc) is 2.38. The number of nitrogens with one attached hydrogen (secondary N) is 1. The standard InChI is InChI=1S/C14H28N2O2/c1-4-18-11-5-8-15-14(17)13(3)16-9-6-12(2)7-10-16/h12-13H,4-11H2,1-3H3,(H,15,17). The summed E-state index contributed by atoms with van der Waals surface area (Å²) in [6.07, 6.45) is 3.31. The number of carbonyl (C=O) groups excluding carboxylic acids is 1. The van der Waals surface area contributed by atoms with Crippen molar-refractivity contribution >= 4 is 5.91 Å². The molecule has 1 heterocycles. The molecule has 1 N–H and O–H groups in total. The number of rotatable bonds is 7. The summed E-state index contributed by atoms with van der Waals surface area (Å²) in [5.74, 6) is 0.962. The number of hydrogen-bond donors (Lipinski definition) is 1. The summed E-state index contributed by atoms with van der Waals surface area (Å²) in [7, 11) is 0. The Labute approximate surface area is 111 Å². The van der Waals surface area contributed by atoms with Crippen molar-refractivity contribution in [2.45, 2.75) is 46.1 Å². The number of hydrogen-bond acceptors (Lipinski definition) is 3. The van der Waals surface area contributed by atoms with Crippen LogP contribution in [-0.4, -0.2) is 49.7 Å². The van der Waals surface area contributed by atoms with Crippen molar-refractivity contribution in [2.24, 2.45) is 5.92 Å². The van der Waals surface area contributed by atoms with Crippen molar-refractivity contribution in [1.82, 2.24) is 10.2 Å². The van der Waals surface area contributed by atoms with E-state index < -0.39 is 0 Å². The van der Waals surface area contributed by atoms with Crippen molar-refractivity contribution in [3.8, 4) is 0 Å². The zero-order valence-corrected chi connectivity index (χ0v) is 12.1. The van der Waals surface area contributed by atoms with Gasteiger partial charge in [-0.1, -0.05) is 6.92 Å². The van der Waals surface area contributed by atoms with Gasteiger partial charge in [0.25, 0.3) is 0 Å². The van der Waals surface area contributed by atoms with Crippen LogP contribution in [0.15, 0.2) is 0 Å². The van der Waals surface area contributed by atoms with Gasteiger partial charge in [-0.25, -0.2) is 0 Å². The Morgan fingerprint density at radius 3 is 2.72 bits per heavy atom. The number of nitrogens with zero attached hydrogens (tertiary/aromatic N) is 1. The maximum Gasteiger partial charge on any atom is 0.237 e. The van der Waals surface area contributed by atoms with Crippen molar-refractivity contribution in [2.75, 3.05) is 32.8 Å². The van der Waals surface area contributed by atoms with Gasteiger partial charge in [-0.05, 0) is 52.1 Å². The summed E-state index contributed by atoms with van der Waals surface area (Å²) >= 11 is 0. The first-order valence-electron chi connectivity index (χ1n) is 7.24. The fourth-order valence-electron chi connectivity index (χ4n) is 2.26. The Hall–Kier alpha value is -0.610. The molecule has 0 radical (unpaired) electrons. The van der Waals surface area contributed by atoms with E-state index in [1.807, 2.05) is 13.8 Å². The SMILES string of the molecule is CCOCCCNC(=O)C(C)N1CCC(C)CC1. The molecule has 4 heteroatoms. The molecular formula is C14H28N2O2. The second-order valence-corrected chi connectivity index (χ2v) is 5.24. The molecule has 0 saturated carbocycles. The summed E-state index contributed by atoms with van der Waals surface area (Å²) < 4.78 is 5.24. The first kappa shape index (κ1) is 15.4. The molecule has 0 aromatic heterocycles. The monoisotopic (exact) mass is 256 g/mol. The van der Waals surface area contributed by atoms with Gasteiger partial charge >= 0.3 is 0 Å². The number of piperidine rings is 1. The van der Waals surface area contributed by atoms with Crippen LogP contribution in [-0.2, 0) is 9.53 Å². The molecule has 1 aliphatic heterocycles. The fourth-order valence-corrected chi connectivity index (χ4v) is 2.26. The molecular weight excluding hydrogens is 228 g/mol. The second kappa shape index (κ2) is 8.48. The third kappa shape index (κ3) is 5.36. The van der Waals surface area contributed by atoms with Crippen LogP contribution < -0.4 is 5.32 Å². The van der Waals surface area contributed by atoms with E-state index in [1.165, 1.54) is 12.8 Å². The lowest BCUT2D eigenvalue weighted by Gasteiger charge is -2.34. The van der Waals surface area contributed by atoms with Crippen LogP contribution in [0.25, 0.3) is 0 Å². The Morgan fingerprint density at radius 1 is 1.44 bits per heavy atom. The minimum Gasteiger partial charge on any atom is -0.382 e. The van der Waals surface area contributed by atoms with Crippen molar-refractivity contribution in [3.05, 3.63) is 0 Å². The summed E-state index contributed by atoms with van der Waals surface area (Å²) in [6.45, 7) is 10.6. The lowest BCUT2D eigenvalue weighted by Crippen LogP contribution is -2.48. The van der Waals surface area contributed by atoms with E-state index in [-0.39, 0.29) is 11.9 Å². The first-order chi connectivity index (χ1) is 8.65. The van der Waals surface area contributed by atoms with Crippen LogP contribution >= 0.6 is 0 Å². The van der Waals surface area contributed by atoms with E-state index in [0.29, 0.717) is 6.54 Å². The van der Waals surface area contributed by atoms with Gasteiger partial charge in [-0.3, -0.25) is 9.69 Å². The van der Waals surface area contributed by atoms with Crippen LogP contribution in [0.3, 0.4) is 0 Å². The predicted octanol–water partition coefficient (Wildman–Crippen LogP) is 1.65. The molecule has 0 spiro atoms. The third-order valence-electron chi connectivity index (χ3n) is 3.71. The molecule has 1 aliphatic rings. The number of ether oxygens (including phenoxy) is 1. The van der Waals surface area contributed by atoms with Crippen molar-refractivity contribution < 1.29 is 9.53 Å². The van der Waals surface area contributed by atoms with Gasteiger partial charge in [-0.2, -0.15) is 0 Å². The Balaban J connectivity index is 2.16. The molecule has 18 heavy (non-hydrogen) atoms. The zero-order valence-electron chi connectivity index (χ0n) is 12.1. The highest BCUT2D eigenvalue weighted by Crippen LogP contribution is 2.17. The number of amides is 1. The van der Waals surface area contributed by atoms with E-state index >= 15 is 0 Å². The van der Waals surface area contributed by atoms with Gasteiger partial charge in [0.1, 0.15) is 0 Å². The molecule has 1 saturated heterocycles. The Morgan fingerprint density at radius 2 is 2.11 bits per heavy atom. The van der Waals surface area contributed by atoms with Gasteiger partial charge in [0.05, 0.1) is 6.04 Å². The lowest BCUT2D eigenvalue weighted by atomic mass is 9.98. The minimum atomic E-state index is 0.00425. The largest absolute Gasteiger partial charge is 0.382 e. The molecule has 1 amide bonds. The Bertz CT molecular complexity index is 238. The van der Waals surface area contributed by atoms with E-state index in [9.17, 15) is 4.79 Å². The number of carbonyl (C=O) groups is 1. The quantitative estimate of drug-likeness (QED) is 0.704. The van der Waals surface area contributed by atoms with Crippen LogP contribution in [0.5, 0.6) is 0 Å². The summed E-state index contributed by atoms with van der Waals surface area (Å²) in [6, 6.07) is 0.00425. The summed E-state index contributed by atoms with van der Waals surface area (Å²) in [5, 5.41) is 2.99. The topological polar surface area (TPSA) is 41.6 Å². The van der Waals surface area contributed by atoms with Gasteiger partial charge in [-0.15, -0.1) is 0 Å². The zero-order chi connectivity index (χ0) is 13.4. The van der Waals surface area contributed by atoms with Crippen LogP contribution in [0, 0.1) is 5.92 Å². The van der Waals surface area contributed by atoms with Crippen molar-refractivity contribution in [3.63, 3.8) is 0 Å². The highest BCUT2D eigenvalue weighted by molar-refractivity contribution is 5.81. The molecule has 0 aromatic rings. The van der Waals surface area contributed by atoms with E-state index in [1.54, 1.807) is 0 Å². The second-order valence-electron chi connectivity index (χ2n) is 5.24. The van der Waals surface area contributed by atoms with E-state index in [4.69, 9.17) is 4.74 Å². The van der Waals surface area contributed by atoms with Gasteiger partial charge in [0, 0.05) is 19.8 Å². The van der Waals surface area contributed by atoms with Crippen LogP contribution in [0.4, 0.5) is 0 Å². The van der Waals surface area contributed by atoms with Crippen LogP contribution in [0.1, 0.15) is 40.0 Å². The smallest absolute Gasteiger partial charge is 0.237 e. The molecule has 1 unspecified atom stereocenters. The molecule has 106 valence electrons. The van der Waals surface area contributed by atoms with Crippen LogP contribution in [0.2, 0.25) is 0 Å². The predicted molar refractivity (Wildman–Crippen MR) is 73.6 cm³/mol. The van der Waals surface area contributed by atoms with E-state index in [2.05, 4.69) is 17.1 Å². The maximum absolute atomic E-state index is 12.0. The fraction of sp³-hybridized carbons (Fsp3) is 0.929. The van der Waals surface area contributed by atoms with Gasteiger partial charge < -0.3 is 10.1 Å². The molecule has 4 nitrogen and oxygen atoms in total. The highest BCUT2D eigenvalue weighted by Gasteiger charge is 2.24. The summed E-state index contributed by atoms with van der Waals surface area (Å²) in [4.78, 5) is 14.3. The average molecular weight is 256 g/mol. The normalized spacial score (nSPS) is 19.7. The number of likely N-dealkylation sites (tertiary alicyclic amines) is 1. The molecule has 1 fully saturated rings. The van der Waals surface area contributed by atoms with Crippen molar-refractivity contribution in [1.29, 1.82) is 0 Å². The summed E-state index contributed by atoms with van der Waals surface area (Å²) in [5.41, 5.74) is 0. The maximum atomic E-state index is 12.0. The lowest BCUT2D eigenvalue weighted by molar-refractivity contribution is -0.126. The molecule has 0 bridgehead atoms.